The Labute approximate surface area is 87.5 Å². The van der Waals surface area contributed by atoms with Gasteiger partial charge in [-0.1, -0.05) is 12.1 Å². The minimum atomic E-state index is -1.01. The van der Waals surface area contributed by atoms with Crippen LogP contribution < -0.4 is 11.1 Å². The number of carboxylic acid groups (broad SMARTS) is 1. The van der Waals surface area contributed by atoms with Crippen LogP contribution in [0.3, 0.4) is 0 Å². The molecule has 5 N–H and O–H groups in total. The maximum absolute atomic E-state index is 10.5. The summed E-state index contributed by atoms with van der Waals surface area (Å²) in [5.74, 6) is -1.01. The molecule has 82 valence electrons. The van der Waals surface area contributed by atoms with Gasteiger partial charge in [0, 0.05) is 5.69 Å². The maximum atomic E-state index is 10.5. The first-order chi connectivity index (χ1) is 7.00. The Morgan fingerprint density at radius 2 is 1.93 bits per heavy atom. The molecule has 0 spiro atoms. The van der Waals surface area contributed by atoms with Gasteiger partial charge in [0.25, 0.3) is 0 Å². The largest absolute Gasteiger partial charge is 0.480 e. The number of aliphatic carboxylic acids is 1. The molecule has 0 aliphatic carbocycles. The van der Waals surface area contributed by atoms with Crippen molar-refractivity contribution in [3.63, 3.8) is 0 Å². The Morgan fingerprint density at radius 3 is 2.40 bits per heavy atom. The summed E-state index contributed by atoms with van der Waals surface area (Å²) in [5.41, 5.74) is 6.66. The van der Waals surface area contributed by atoms with E-state index in [-0.39, 0.29) is 0 Å². The number of nitrogen functional groups attached to an aromatic ring is 1. The zero-order valence-corrected chi connectivity index (χ0v) is 8.34. The van der Waals surface area contributed by atoms with E-state index < -0.39 is 18.2 Å². The number of nitrogens with two attached hydrogens (primary N) is 1. The Bertz CT molecular complexity index is 337. The van der Waals surface area contributed by atoms with Gasteiger partial charge in [-0.05, 0) is 24.6 Å². The first-order valence-corrected chi connectivity index (χ1v) is 4.53. The third kappa shape index (κ3) is 3.23. The molecule has 2 atom stereocenters. The lowest BCUT2D eigenvalue weighted by Gasteiger charge is -2.16. The molecule has 0 heterocycles. The second-order valence-electron chi connectivity index (χ2n) is 3.30. The van der Waals surface area contributed by atoms with Crippen LogP contribution in [0.4, 0.5) is 5.69 Å². The molecular formula is C10H14N2O3. The van der Waals surface area contributed by atoms with Crippen LogP contribution in [0.5, 0.6) is 0 Å². The van der Waals surface area contributed by atoms with E-state index in [0.29, 0.717) is 11.3 Å². The second kappa shape index (κ2) is 4.77. The van der Waals surface area contributed by atoms with Crippen molar-refractivity contribution in [3.8, 4) is 0 Å². The van der Waals surface area contributed by atoms with E-state index in [1.54, 1.807) is 24.3 Å². The average Bonchev–Trinajstić information content (AvgIpc) is 2.18. The first-order valence-electron chi connectivity index (χ1n) is 4.53. The summed E-state index contributed by atoms with van der Waals surface area (Å²) in [6, 6.07) is 5.76. The number of carboxylic acids is 1. The van der Waals surface area contributed by atoms with Gasteiger partial charge in [-0.15, -0.1) is 0 Å². The monoisotopic (exact) mass is 210 g/mol. The van der Waals surface area contributed by atoms with Crippen LogP contribution in [0.1, 0.15) is 18.7 Å². The van der Waals surface area contributed by atoms with Gasteiger partial charge in [-0.2, -0.15) is 0 Å². The van der Waals surface area contributed by atoms with Crippen molar-refractivity contribution in [1.82, 2.24) is 5.32 Å². The summed E-state index contributed by atoms with van der Waals surface area (Å²) in [4.78, 5) is 10.5. The predicted molar refractivity (Wildman–Crippen MR) is 56.0 cm³/mol. The van der Waals surface area contributed by atoms with Gasteiger partial charge < -0.3 is 15.9 Å². The lowest BCUT2D eigenvalue weighted by Crippen LogP contribution is -2.36. The van der Waals surface area contributed by atoms with E-state index in [4.69, 9.17) is 10.8 Å². The van der Waals surface area contributed by atoms with Crippen molar-refractivity contribution in [2.45, 2.75) is 19.2 Å². The number of hydrogen-bond donors (Lipinski definition) is 4. The topological polar surface area (TPSA) is 95.6 Å². The molecule has 0 bridgehead atoms. The molecule has 5 heteroatoms. The summed E-state index contributed by atoms with van der Waals surface area (Å²) >= 11 is 0. The zero-order valence-electron chi connectivity index (χ0n) is 8.34. The van der Waals surface area contributed by atoms with Gasteiger partial charge in [0.1, 0.15) is 12.3 Å². The highest BCUT2D eigenvalue weighted by Crippen LogP contribution is 2.12. The van der Waals surface area contributed by atoms with Gasteiger partial charge in [0.15, 0.2) is 0 Å². The van der Waals surface area contributed by atoms with Crippen molar-refractivity contribution in [2.75, 3.05) is 5.73 Å². The lowest BCUT2D eigenvalue weighted by atomic mass is 10.1. The number of benzene rings is 1. The first kappa shape index (κ1) is 11.5. The van der Waals surface area contributed by atoms with E-state index in [1.165, 1.54) is 6.92 Å². The second-order valence-corrected chi connectivity index (χ2v) is 3.30. The minimum Gasteiger partial charge on any atom is -0.480 e. The molecule has 0 saturated heterocycles. The van der Waals surface area contributed by atoms with Gasteiger partial charge >= 0.3 is 5.97 Å². The van der Waals surface area contributed by atoms with Crippen molar-refractivity contribution >= 4 is 11.7 Å². The number of carbonyl (C=O) groups is 1. The quantitative estimate of drug-likeness (QED) is 0.424. The van der Waals surface area contributed by atoms with Gasteiger partial charge in [-0.25, -0.2) is 0 Å². The van der Waals surface area contributed by atoms with Crippen molar-refractivity contribution < 1.29 is 15.0 Å². The zero-order chi connectivity index (χ0) is 11.4. The van der Waals surface area contributed by atoms with Gasteiger partial charge in [0.2, 0.25) is 0 Å². The number of nitrogens with one attached hydrogen (secondary N) is 1. The molecule has 0 radical (unpaired) electrons. The Morgan fingerprint density at radius 1 is 1.40 bits per heavy atom. The van der Waals surface area contributed by atoms with E-state index >= 15 is 0 Å². The van der Waals surface area contributed by atoms with E-state index in [2.05, 4.69) is 5.32 Å². The number of aliphatic hydroxyl groups is 1. The smallest absolute Gasteiger partial charge is 0.320 e. The molecular weight excluding hydrogens is 196 g/mol. The SMILES string of the molecule is C[C@H](NC(O)c1ccc(N)cc1)C(=O)O. The highest BCUT2D eigenvalue weighted by atomic mass is 16.4. The fourth-order valence-electron chi connectivity index (χ4n) is 1.08. The minimum absolute atomic E-state index is 0.581. The summed E-state index contributed by atoms with van der Waals surface area (Å²) in [6.07, 6.45) is -1.00. The Kier molecular flexibility index (Phi) is 3.65. The summed E-state index contributed by atoms with van der Waals surface area (Å²) in [6.45, 7) is 1.46. The molecule has 0 aliphatic rings. The number of rotatable bonds is 4. The van der Waals surface area contributed by atoms with Crippen LogP contribution in [-0.2, 0) is 4.79 Å². The summed E-state index contributed by atoms with van der Waals surface area (Å²) < 4.78 is 0. The van der Waals surface area contributed by atoms with Gasteiger partial charge in [-0.3, -0.25) is 10.1 Å². The normalized spacial score (nSPS) is 14.5. The predicted octanol–water partition coefficient (Wildman–Crippen LogP) is 0.322. The molecule has 1 aromatic carbocycles. The molecule has 0 fully saturated rings. The molecule has 0 saturated carbocycles. The van der Waals surface area contributed by atoms with Crippen molar-refractivity contribution in [2.24, 2.45) is 0 Å². The van der Waals surface area contributed by atoms with Gasteiger partial charge in [0.05, 0.1) is 0 Å². The van der Waals surface area contributed by atoms with E-state index in [1.807, 2.05) is 0 Å². The Balaban J connectivity index is 2.64. The number of anilines is 1. The molecule has 0 aromatic heterocycles. The Hall–Kier alpha value is -1.59. The van der Waals surface area contributed by atoms with Crippen LogP contribution >= 0.6 is 0 Å². The fraction of sp³-hybridized carbons (Fsp3) is 0.300. The van der Waals surface area contributed by atoms with Crippen LogP contribution in [0, 0.1) is 0 Å². The highest BCUT2D eigenvalue weighted by molar-refractivity contribution is 5.72. The highest BCUT2D eigenvalue weighted by Gasteiger charge is 2.15. The maximum Gasteiger partial charge on any atom is 0.320 e. The summed E-state index contributed by atoms with van der Waals surface area (Å²) in [5, 5.41) is 20.8. The molecule has 1 unspecified atom stereocenters. The molecule has 0 amide bonds. The van der Waals surface area contributed by atoms with Crippen molar-refractivity contribution in [3.05, 3.63) is 29.8 Å². The fourth-order valence-corrected chi connectivity index (χ4v) is 1.08. The molecule has 1 aromatic rings. The van der Waals surface area contributed by atoms with E-state index in [0.717, 1.165) is 0 Å². The third-order valence-electron chi connectivity index (χ3n) is 2.03. The summed E-state index contributed by atoms with van der Waals surface area (Å²) in [7, 11) is 0. The molecule has 1 rings (SSSR count). The average molecular weight is 210 g/mol. The standard InChI is InChI=1S/C10H14N2O3/c1-6(10(14)15)12-9(13)7-2-4-8(11)5-3-7/h2-6,9,12-13H,11H2,1H3,(H,14,15)/t6-,9?/m0/s1. The lowest BCUT2D eigenvalue weighted by molar-refractivity contribution is -0.140. The van der Waals surface area contributed by atoms with Crippen LogP contribution in [0.15, 0.2) is 24.3 Å². The van der Waals surface area contributed by atoms with Crippen LogP contribution in [-0.4, -0.2) is 22.2 Å². The van der Waals surface area contributed by atoms with Crippen molar-refractivity contribution in [1.29, 1.82) is 0 Å². The molecule has 15 heavy (non-hydrogen) atoms. The number of aliphatic hydroxyl groups excluding tert-OH is 1. The third-order valence-corrected chi connectivity index (χ3v) is 2.03. The number of hydrogen-bond acceptors (Lipinski definition) is 4. The van der Waals surface area contributed by atoms with Crippen LogP contribution in [0.25, 0.3) is 0 Å². The van der Waals surface area contributed by atoms with E-state index in [9.17, 15) is 9.90 Å². The molecule has 0 aliphatic heterocycles. The molecule has 5 nitrogen and oxygen atoms in total. The van der Waals surface area contributed by atoms with Crippen LogP contribution in [0.2, 0.25) is 0 Å².